The lowest BCUT2D eigenvalue weighted by atomic mass is 10.1. The van der Waals surface area contributed by atoms with E-state index in [1.54, 1.807) is 0 Å². The molecule has 0 spiro atoms. The highest BCUT2D eigenvalue weighted by Crippen LogP contribution is 2.25. The average molecular weight is 221 g/mol. The van der Waals surface area contributed by atoms with Gasteiger partial charge < -0.3 is 15.2 Å². The first-order valence-corrected chi connectivity index (χ1v) is 5.86. The van der Waals surface area contributed by atoms with E-state index in [1.807, 2.05) is 31.2 Å². The first kappa shape index (κ1) is 11.4. The van der Waals surface area contributed by atoms with Crippen molar-refractivity contribution in [3.63, 3.8) is 0 Å². The quantitative estimate of drug-likeness (QED) is 0.851. The molecule has 16 heavy (non-hydrogen) atoms. The Hall–Kier alpha value is -1.06. The lowest BCUT2D eigenvalue weighted by Gasteiger charge is -2.25. The van der Waals surface area contributed by atoms with Gasteiger partial charge in [-0.1, -0.05) is 18.2 Å². The van der Waals surface area contributed by atoms with E-state index in [2.05, 4.69) is 0 Å². The van der Waals surface area contributed by atoms with Crippen molar-refractivity contribution in [3.8, 4) is 5.75 Å². The van der Waals surface area contributed by atoms with E-state index < -0.39 is 0 Å². The Bertz CT molecular complexity index is 332. The van der Waals surface area contributed by atoms with Gasteiger partial charge in [0.15, 0.2) is 0 Å². The molecule has 1 aromatic carbocycles. The Morgan fingerprint density at radius 1 is 1.44 bits per heavy atom. The molecule has 1 aliphatic rings. The Morgan fingerprint density at radius 2 is 2.25 bits per heavy atom. The molecule has 0 aliphatic carbocycles. The van der Waals surface area contributed by atoms with Gasteiger partial charge in [-0.25, -0.2) is 0 Å². The van der Waals surface area contributed by atoms with Crippen molar-refractivity contribution in [2.45, 2.75) is 31.9 Å². The second-order valence-electron chi connectivity index (χ2n) is 4.28. The molecule has 2 N–H and O–H groups in total. The van der Waals surface area contributed by atoms with E-state index in [9.17, 15) is 0 Å². The highest BCUT2D eigenvalue weighted by Gasteiger charge is 2.17. The minimum atomic E-state index is 0.000656. The van der Waals surface area contributed by atoms with Crippen LogP contribution in [0.4, 0.5) is 0 Å². The zero-order valence-corrected chi connectivity index (χ0v) is 9.69. The highest BCUT2D eigenvalue weighted by atomic mass is 16.5. The summed E-state index contributed by atoms with van der Waals surface area (Å²) in [6, 6.07) is 7.96. The lowest BCUT2D eigenvalue weighted by molar-refractivity contribution is 0.00694. The van der Waals surface area contributed by atoms with Gasteiger partial charge in [-0.15, -0.1) is 0 Å². The van der Waals surface area contributed by atoms with Crippen molar-refractivity contribution >= 4 is 0 Å². The fourth-order valence-electron chi connectivity index (χ4n) is 1.95. The van der Waals surface area contributed by atoms with Gasteiger partial charge in [-0.05, 0) is 25.8 Å². The van der Waals surface area contributed by atoms with Gasteiger partial charge in [0.05, 0.1) is 6.61 Å². The summed E-state index contributed by atoms with van der Waals surface area (Å²) in [6.45, 7) is 3.52. The van der Waals surface area contributed by atoms with E-state index in [1.165, 1.54) is 0 Å². The first-order valence-electron chi connectivity index (χ1n) is 5.86. The molecule has 1 saturated heterocycles. The normalized spacial score (nSPS) is 22.8. The molecule has 1 heterocycles. The molecule has 0 saturated carbocycles. The third-order valence-electron chi connectivity index (χ3n) is 2.82. The third kappa shape index (κ3) is 2.74. The molecule has 1 unspecified atom stereocenters. The molecule has 0 radical (unpaired) electrons. The smallest absolute Gasteiger partial charge is 0.124 e. The summed E-state index contributed by atoms with van der Waals surface area (Å²) in [4.78, 5) is 0. The van der Waals surface area contributed by atoms with Crippen molar-refractivity contribution in [2.75, 3.05) is 13.2 Å². The van der Waals surface area contributed by atoms with Crippen molar-refractivity contribution in [3.05, 3.63) is 29.8 Å². The molecule has 0 bridgehead atoms. The number of nitrogens with two attached hydrogens (primary N) is 1. The standard InChI is InChI=1S/C13H19NO2/c1-10(14)12-6-2-3-7-13(12)16-11-5-4-8-15-9-11/h2-3,6-7,10-11H,4-5,8-9,14H2,1H3/t10-,11?/m0/s1. The Morgan fingerprint density at radius 3 is 2.94 bits per heavy atom. The van der Waals surface area contributed by atoms with Crippen molar-refractivity contribution in [1.82, 2.24) is 0 Å². The van der Waals surface area contributed by atoms with Crippen LogP contribution in [0, 0.1) is 0 Å². The number of hydrogen-bond acceptors (Lipinski definition) is 3. The predicted octanol–water partition coefficient (Wildman–Crippen LogP) is 2.26. The molecule has 2 atom stereocenters. The van der Waals surface area contributed by atoms with Crippen LogP contribution in [0.2, 0.25) is 0 Å². The van der Waals surface area contributed by atoms with E-state index >= 15 is 0 Å². The number of para-hydroxylation sites is 1. The minimum Gasteiger partial charge on any atom is -0.488 e. The fourth-order valence-corrected chi connectivity index (χ4v) is 1.95. The second kappa shape index (κ2) is 5.32. The van der Waals surface area contributed by atoms with Gasteiger partial charge in [-0.2, -0.15) is 0 Å². The van der Waals surface area contributed by atoms with Crippen LogP contribution in [0.1, 0.15) is 31.4 Å². The molecule has 1 aromatic rings. The SMILES string of the molecule is C[C@H](N)c1ccccc1OC1CCCOC1. The molecule has 2 rings (SSSR count). The van der Waals surface area contributed by atoms with Gasteiger partial charge in [0.2, 0.25) is 0 Å². The van der Waals surface area contributed by atoms with Gasteiger partial charge in [-0.3, -0.25) is 0 Å². The van der Waals surface area contributed by atoms with Crippen LogP contribution < -0.4 is 10.5 Å². The summed E-state index contributed by atoms with van der Waals surface area (Å²) in [7, 11) is 0. The van der Waals surface area contributed by atoms with Crippen LogP contribution >= 0.6 is 0 Å². The van der Waals surface area contributed by atoms with Gasteiger partial charge >= 0.3 is 0 Å². The van der Waals surface area contributed by atoms with Gasteiger partial charge in [0.1, 0.15) is 11.9 Å². The monoisotopic (exact) mass is 221 g/mol. The summed E-state index contributed by atoms with van der Waals surface area (Å²) in [5.74, 6) is 0.896. The Balaban J connectivity index is 2.07. The first-order chi connectivity index (χ1) is 7.77. The summed E-state index contributed by atoms with van der Waals surface area (Å²) < 4.78 is 11.3. The number of benzene rings is 1. The van der Waals surface area contributed by atoms with Crippen LogP contribution in [0.5, 0.6) is 5.75 Å². The van der Waals surface area contributed by atoms with Gasteiger partial charge in [0.25, 0.3) is 0 Å². The summed E-state index contributed by atoms with van der Waals surface area (Å²) >= 11 is 0. The van der Waals surface area contributed by atoms with Crippen LogP contribution in [-0.4, -0.2) is 19.3 Å². The number of hydrogen-bond donors (Lipinski definition) is 1. The molecule has 3 heteroatoms. The average Bonchev–Trinajstić information content (AvgIpc) is 2.31. The Kier molecular flexibility index (Phi) is 3.80. The summed E-state index contributed by atoms with van der Waals surface area (Å²) in [5, 5.41) is 0. The van der Waals surface area contributed by atoms with E-state index in [0.29, 0.717) is 6.61 Å². The molecule has 3 nitrogen and oxygen atoms in total. The molecule has 1 aliphatic heterocycles. The maximum Gasteiger partial charge on any atom is 0.124 e. The molecular formula is C13H19NO2. The zero-order valence-electron chi connectivity index (χ0n) is 9.69. The highest BCUT2D eigenvalue weighted by molar-refractivity contribution is 5.35. The molecule has 0 amide bonds. The van der Waals surface area contributed by atoms with E-state index in [4.69, 9.17) is 15.2 Å². The van der Waals surface area contributed by atoms with E-state index in [-0.39, 0.29) is 12.1 Å². The molecule has 0 aromatic heterocycles. The number of ether oxygens (including phenoxy) is 2. The largest absolute Gasteiger partial charge is 0.488 e. The van der Waals surface area contributed by atoms with Crippen molar-refractivity contribution in [2.24, 2.45) is 5.73 Å². The Labute approximate surface area is 96.5 Å². The van der Waals surface area contributed by atoms with Crippen molar-refractivity contribution < 1.29 is 9.47 Å². The van der Waals surface area contributed by atoms with Crippen LogP contribution in [0.3, 0.4) is 0 Å². The topological polar surface area (TPSA) is 44.5 Å². The maximum absolute atomic E-state index is 5.94. The molecular weight excluding hydrogens is 202 g/mol. The summed E-state index contributed by atoms with van der Waals surface area (Å²) in [6.07, 6.45) is 2.31. The lowest BCUT2D eigenvalue weighted by Crippen LogP contribution is -2.28. The van der Waals surface area contributed by atoms with Crippen LogP contribution in [-0.2, 0) is 4.74 Å². The fraction of sp³-hybridized carbons (Fsp3) is 0.538. The maximum atomic E-state index is 5.94. The second-order valence-corrected chi connectivity index (χ2v) is 4.28. The van der Waals surface area contributed by atoms with Gasteiger partial charge in [0, 0.05) is 18.2 Å². The van der Waals surface area contributed by atoms with E-state index in [0.717, 1.165) is 30.8 Å². The molecule has 1 fully saturated rings. The summed E-state index contributed by atoms with van der Waals surface area (Å²) in [5.41, 5.74) is 6.97. The van der Waals surface area contributed by atoms with Crippen LogP contribution in [0.25, 0.3) is 0 Å². The zero-order chi connectivity index (χ0) is 11.4. The van der Waals surface area contributed by atoms with Crippen molar-refractivity contribution in [1.29, 1.82) is 0 Å². The number of rotatable bonds is 3. The van der Waals surface area contributed by atoms with Crippen LogP contribution in [0.15, 0.2) is 24.3 Å². The third-order valence-corrected chi connectivity index (χ3v) is 2.82. The minimum absolute atomic E-state index is 0.000656. The predicted molar refractivity (Wildman–Crippen MR) is 63.5 cm³/mol. The molecule has 88 valence electrons.